The molecule has 0 aliphatic rings. The van der Waals surface area contributed by atoms with Crippen LogP contribution in [-0.4, -0.2) is 25.8 Å². The van der Waals surface area contributed by atoms with Crippen LogP contribution in [0.2, 0.25) is 0 Å². The quantitative estimate of drug-likeness (QED) is 0.592. The van der Waals surface area contributed by atoms with Crippen LogP contribution in [0.15, 0.2) is 28.7 Å². The number of H-pyrrole nitrogens is 1. The lowest BCUT2D eigenvalue weighted by Gasteiger charge is -2.05. The first kappa shape index (κ1) is 10.7. The first-order chi connectivity index (χ1) is 7.70. The number of aromatic amines is 1. The van der Waals surface area contributed by atoms with Crippen molar-refractivity contribution in [2.24, 2.45) is 0 Å². The van der Waals surface area contributed by atoms with E-state index in [1.807, 2.05) is 6.26 Å². The highest BCUT2D eigenvalue weighted by Gasteiger charge is 2.08. The van der Waals surface area contributed by atoms with E-state index in [9.17, 15) is 4.79 Å². The molecule has 0 saturated carbocycles. The van der Waals surface area contributed by atoms with Gasteiger partial charge in [-0.25, -0.2) is 9.97 Å². The Morgan fingerprint density at radius 3 is 3.00 bits per heavy atom. The van der Waals surface area contributed by atoms with Crippen LogP contribution in [0.25, 0.3) is 0 Å². The minimum absolute atomic E-state index is 0.203. The van der Waals surface area contributed by atoms with E-state index in [-0.39, 0.29) is 11.4 Å². The first-order valence-corrected chi connectivity index (χ1v) is 5.81. The molecule has 0 unspecified atom stereocenters. The number of thioether (sulfide) groups is 1. The van der Waals surface area contributed by atoms with Gasteiger partial charge in [0.15, 0.2) is 5.16 Å². The molecule has 0 aliphatic carbocycles. The van der Waals surface area contributed by atoms with Gasteiger partial charge in [-0.3, -0.25) is 4.79 Å². The predicted molar refractivity (Wildman–Crippen MR) is 62.4 cm³/mol. The molecule has 0 amide bonds. The molecule has 0 aromatic carbocycles. The summed E-state index contributed by atoms with van der Waals surface area (Å²) in [5, 5.41) is 0.525. The number of nitrogens with two attached hydrogens (primary N) is 1. The van der Waals surface area contributed by atoms with Gasteiger partial charge in [-0.05, 0) is 6.26 Å². The topological polar surface area (TPSA) is 89.6 Å². The van der Waals surface area contributed by atoms with Gasteiger partial charge in [-0.2, -0.15) is 0 Å². The van der Waals surface area contributed by atoms with Crippen LogP contribution in [-0.2, 0) is 6.54 Å². The van der Waals surface area contributed by atoms with Gasteiger partial charge >= 0.3 is 0 Å². The molecule has 0 bridgehead atoms. The van der Waals surface area contributed by atoms with Gasteiger partial charge in [0.05, 0.1) is 18.4 Å². The highest BCUT2D eigenvalue weighted by atomic mass is 32.2. The van der Waals surface area contributed by atoms with Crippen LogP contribution in [0.1, 0.15) is 5.56 Å². The minimum atomic E-state index is -0.203. The molecule has 0 fully saturated rings. The van der Waals surface area contributed by atoms with E-state index >= 15 is 0 Å². The fraction of sp³-hybridized carbons (Fsp3) is 0.222. The zero-order valence-electron chi connectivity index (χ0n) is 8.67. The third-order valence-electron chi connectivity index (χ3n) is 2.12. The number of hydrogen-bond acceptors (Lipinski definition) is 5. The number of hydrogen-bond donors (Lipinski definition) is 2. The Morgan fingerprint density at radius 1 is 1.62 bits per heavy atom. The van der Waals surface area contributed by atoms with Crippen LogP contribution >= 0.6 is 11.8 Å². The lowest BCUT2D eigenvalue weighted by Crippen LogP contribution is -2.20. The summed E-state index contributed by atoms with van der Waals surface area (Å²) < 4.78 is 1.77. The number of nitrogens with zero attached hydrogens (tertiary/aromatic N) is 3. The van der Waals surface area contributed by atoms with Crippen LogP contribution in [0, 0.1) is 0 Å². The zero-order chi connectivity index (χ0) is 11.5. The minimum Gasteiger partial charge on any atom is -0.383 e. The summed E-state index contributed by atoms with van der Waals surface area (Å²) in [7, 11) is 0. The second-order valence-corrected chi connectivity index (χ2v) is 3.97. The fourth-order valence-corrected chi connectivity index (χ4v) is 1.69. The van der Waals surface area contributed by atoms with Crippen molar-refractivity contribution in [3.63, 3.8) is 0 Å². The molecule has 7 heteroatoms. The molecule has 0 spiro atoms. The molecule has 2 heterocycles. The van der Waals surface area contributed by atoms with Crippen molar-refractivity contribution in [2.75, 3.05) is 12.0 Å². The van der Waals surface area contributed by atoms with E-state index < -0.39 is 0 Å². The highest BCUT2D eigenvalue weighted by Crippen LogP contribution is 2.11. The number of nitrogen functional groups attached to an aromatic ring is 1. The summed E-state index contributed by atoms with van der Waals surface area (Å²) in [6.45, 7) is 0.378. The first-order valence-electron chi connectivity index (χ1n) is 4.59. The maximum absolute atomic E-state index is 11.7. The Morgan fingerprint density at radius 2 is 2.44 bits per heavy atom. The predicted octanol–water partition coefficient (Wildman–Crippen LogP) is 0.319. The van der Waals surface area contributed by atoms with Crippen LogP contribution < -0.4 is 11.3 Å². The van der Waals surface area contributed by atoms with Crippen molar-refractivity contribution in [1.29, 1.82) is 0 Å². The average molecular weight is 237 g/mol. The Kier molecular flexibility index (Phi) is 2.95. The smallest absolute Gasteiger partial charge is 0.258 e. The Hall–Kier alpha value is -1.76. The van der Waals surface area contributed by atoms with Gasteiger partial charge < -0.3 is 15.3 Å². The third-order valence-corrected chi connectivity index (χ3v) is 2.70. The second kappa shape index (κ2) is 4.40. The van der Waals surface area contributed by atoms with Crippen LogP contribution in [0.5, 0.6) is 0 Å². The zero-order valence-corrected chi connectivity index (χ0v) is 9.49. The number of anilines is 1. The normalized spacial score (nSPS) is 10.6. The van der Waals surface area contributed by atoms with E-state index in [1.165, 1.54) is 11.8 Å². The molecule has 16 heavy (non-hydrogen) atoms. The molecular weight excluding hydrogens is 226 g/mol. The van der Waals surface area contributed by atoms with E-state index in [1.54, 1.807) is 23.3 Å². The van der Waals surface area contributed by atoms with Crippen LogP contribution in [0.4, 0.5) is 5.82 Å². The highest BCUT2D eigenvalue weighted by molar-refractivity contribution is 7.98. The number of imidazole rings is 1. The Labute approximate surface area is 95.9 Å². The van der Waals surface area contributed by atoms with Crippen molar-refractivity contribution < 1.29 is 0 Å². The largest absolute Gasteiger partial charge is 0.383 e. The Bertz CT molecular complexity index is 533. The van der Waals surface area contributed by atoms with E-state index in [0.29, 0.717) is 17.3 Å². The maximum atomic E-state index is 11.7. The molecular formula is C9H11N5OS. The molecule has 0 aliphatic heterocycles. The van der Waals surface area contributed by atoms with Gasteiger partial charge in [-0.15, -0.1) is 0 Å². The van der Waals surface area contributed by atoms with E-state index in [2.05, 4.69) is 15.0 Å². The van der Waals surface area contributed by atoms with Gasteiger partial charge in [0.2, 0.25) is 0 Å². The maximum Gasteiger partial charge on any atom is 0.258 e. The lowest BCUT2D eigenvalue weighted by atomic mass is 10.3. The molecule has 2 rings (SSSR count). The third kappa shape index (κ3) is 2.08. The molecule has 2 aromatic rings. The van der Waals surface area contributed by atoms with Gasteiger partial charge in [0, 0.05) is 12.4 Å². The van der Waals surface area contributed by atoms with Crippen molar-refractivity contribution in [3.8, 4) is 0 Å². The summed E-state index contributed by atoms with van der Waals surface area (Å²) >= 11 is 1.35. The van der Waals surface area contributed by atoms with Crippen molar-refractivity contribution in [2.45, 2.75) is 11.7 Å². The van der Waals surface area contributed by atoms with Crippen LogP contribution in [0.3, 0.4) is 0 Å². The fourth-order valence-electron chi connectivity index (χ4n) is 1.31. The number of rotatable bonds is 3. The van der Waals surface area contributed by atoms with Gasteiger partial charge in [0.1, 0.15) is 5.82 Å². The molecule has 6 nitrogen and oxygen atoms in total. The molecule has 0 radical (unpaired) electrons. The summed E-state index contributed by atoms with van der Waals surface area (Å²) in [6.07, 6.45) is 6.87. The molecule has 3 N–H and O–H groups in total. The van der Waals surface area contributed by atoms with Gasteiger partial charge in [0.25, 0.3) is 5.56 Å². The van der Waals surface area contributed by atoms with Gasteiger partial charge in [-0.1, -0.05) is 11.8 Å². The van der Waals surface area contributed by atoms with E-state index in [4.69, 9.17) is 5.73 Å². The van der Waals surface area contributed by atoms with Crippen molar-refractivity contribution >= 4 is 17.6 Å². The summed E-state index contributed by atoms with van der Waals surface area (Å²) in [5.41, 5.74) is 5.99. The van der Waals surface area contributed by atoms with Crippen molar-refractivity contribution in [1.82, 2.24) is 19.5 Å². The molecule has 0 atom stereocenters. The number of aromatic nitrogens is 4. The summed E-state index contributed by atoms with van der Waals surface area (Å²) in [5.74, 6) is 0.266. The standard InChI is InChI=1S/C9H11N5OS/c1-16-9-12-7(10)6(8(15)13-9)4-14-3-2-11-5-14/h2-3,5H,4H2,1H3,(H3,10,12,13,15). The summed E-state index contributed by atoms with van der Waals surface area (Å²) in [6, 6.07) is 0. The monoisotopic (exact) mass is 237 g/mol. The average Bonchev–Trinajstić information content (AvgIpc) is 2.75. The second-order valence-electron chi connectivity index (χ2n) is 3.17. The molecule has 0 saturated heterocycles. The van der Waals surface area contributed by atoms with Crippen molar-refractivity contribution in [3.05, 3.63) is 34.6 Å². The SMILES string of the molecule is CSc1nc(N)c(Cn2ccnc2)c(=O)[nH]1. The van der Waals surface area contributed by atoms with E-state index in [0.717, 1.165) is 0 Å². The lowest BCUT2D eigenvalue weighted by molar-refractivity contribution is 0.770. The molecule has 84 valence electrons. The number of nitrogens with one attached hydrogen (secondary N) is 1. The Balaban J connectivity index is 2.38. The molecule has 2 aromatic heterocycles. The summed E-state index contributed by atoms with van der Waals surface area (Å²) in [4.78, 5) is 22.4.